The van der Waals surface area contributed by atoms with E-state index in [0.717, 1.165) is 17.0 Å². The van der Waals surface area contributed by atoms with Crippen LogP contribution in [-0.2, 0) is 19.7 Å². The van der Waals surface area contributed by atoms with Crippen molar-refractivity contribution in [2.45, 2.75) is 15.5 Å². The maximum atomic E-state index is 13.1. The van der Waals surface area contributed by atoms with Crippen LogP contribution in [0.2, 0.25) is 4.34 Å². The van der Waals surface area contributed by atoms with Gasteiger partial charge in [0.1, 0.15) is 10.0 Å². The number of rotatable bonds is 4. The van der Waals surface area contributed by atoms with Crippen LogP contribution in [0.4, 0.5) is 10.1 Å². The summed E-state index contributed by atoms with van der Waals surface area (Å²) < 4.78 is 64.5. The molecule has 29 heavy (non-hydrogen) atoms. The quantitative estimate of drug-likeness (QED) is 0.671. The molecule has 4 rings (SSSR count). The standard InChI is InChI=1S/C18H20ClFN2O4S3/c19-17-5-6-18(27-17)29(25,26)16-12-28(23,24)11-15(16)22-9-7-21(8-10-22)14-3-1-13(20)2-4-14/h1-6,15-16H,7-12H2/t15-,16-/m0/s1. The fourth-order valence-corrected chi connectivity index (χ4v) is 10.5. The Morgan fingerprint density at radius 1 is 1.00 bits per heavy atom. The van der Waals surface area contributed by atoms with E-state index >= 15 is 0 Å². The first-order valence-electron chi connectivity index (χ1n) is 9.10. The number of nitrogens with zero attached hydrogens (tertiary/aromatic N) is 2. The van der Waals surface area contributed by atoms with Crippen molar-refractivity contribution in [2.75, 3.05) is 42.6 Å². The van der Waals surface area contributed by atoms with Crippen LogP contribution >= 0.6 is 22.9 Å². The van der Waals surface area contributed by atoms with Gasteiger partial charge in [-0.3, -0.25) is 4.90 Å². The normalized spacial score (nSPS) is 25.4. The second kappa shape index (κ2) is 7.81. The number of piperazine rings is 1. The van der Waals surface area contributed by atoms with Crippen molar-refractivity contribution in [3.8, 4) is 0 Å². The molecule has 0 radical (unpaired) electrons. The van der Waals surface area contributed by atoms with Crippen LogP contribution in [0.1, 0.15) is 0 Å². The number of benzene rings is 1. The van der Waals surface area contributed by atoms with E-state index in [2.05, 4.69) is 4.90 Å². The summed E-state index contributed by atoms with van der Waals surface area (Å²) >= 11 is 6.85. The minimum Gasteiger partial charge on any atom is -0.369 e. The van der Waals surface area contributed by atoms with Gasteiger partial charge in [-0.2, -0.15) is 0 Å². The molecule has 2 fully saturated rings. The molecule has 0 amide bonds. The van der Waals surface area contributed by atoms with E-state index in [-0.39, 0.29) is 21.5 Å². The lowest BCUT2D eigenvalue weighted by molar-refractivity contribution is 0.202. The summed E-state index contributed by atoms with van der Waals surface area (Å²) in [4.78, 5) is 4.05. The van der Waals surface area contributed by atoms with Crippen LogP contribution in [-0.4, -0.2) is 70.7 Å². The van der Waals surface area contributed by atoms with Crippen LogP contribution in [0.15, 0.2) is 40.6 Å². The molecule has 2 aliphatic heterocycles. The van der Waals surface area contributed by atoms with E-state index in [9.17, 15) is 21.2 Å². The van der Waals surface area contributed by atoms with Gasteiger partial charge in [-0.05, 0) is 36.4 Å². The van der Waals surface area contributed by atoms with Gasteiger partial charge in [0.2, 0.25) is 0 Å². The van der Waals surface area contributed by atoms with Gasteiger partial charge in [-0.15, -0.1) is 11.3 Å². The van der Waals surface area contributed by atoms with Crippen molar-refractivity contribution in [1.29, 1.82) is 0 Å². The van der Waals surface area contributed by atoms with Crippen molar-refractivity contribution < 1.29 is 21.2 Å². The zero-order chi connectivity index (χ0) is 20.8. The maximum absolute atomic E-state index is 13.1. The molecule has 3 heterocycles. The molecule has 0 N–H and O–H groups in total. The van der Waals surface area contributed by atoms with Crippen LogP contribution in [0.3, 0.4) is 0 Å². The lowest BCUT2D eigenvalue weighted by Crippen LogP contribution is -2.54. The van der Waals surface area contributed by atoms with Crippen molar-refractivity contribution >= 4 is 48.3 Å². The van der Waals surface area contributed by atoms with E-state index < -0.39 is 31.0 Å². The maximum Gasteiger partial charge on any atom is 0.193 e. The molecule has 1 aromatic carbocycles. The van der Waals surface area contributed by atoms with Crippen molar-refractivity contribution in [1.82, 2.24) is 4.90 Å². The van der Waals surface area contributed by atoms with Gasteiger partial charge in [0.25, 0.3) is 0 Å². The Morgan fingerprint density at radius 3 is 2.24 bits per heavy atom. The Bertz CT molecular complexity index is 1090. The van der Waals surface area contributed by atoms with Crippen molar-refractivity contribution in [3.63, 3.8) is 0 Å². The largest absolute Gasteiger partial charge is 0.369 e. The first kappa shape index (κ1) is 21.0. The van der Waals surface area contributed by atoms with Gasteiger partial charge in [0.15, 0.2) is 19.7 Å². The molecule has 11 heteroatoms. The summed E-state index contributed by atoms with van der Waals surface area (Å²) in [6.45, 7) is 2.29. The molecule has 0 bridgehead atoms. The number of thiophene rings is 1. The molecule has 2 saturated heterocycles. The number of hydrogen-bond donors (Lipinski definition) is 0. The third kappa shape index (κ3) is 4.32. The Morgan fingerprint density at radius 2 is 1.66 bits per heavy atom. The molecular formula is C18H20ClFN2O4S3. The minimum absolute atomic E-state index is 0.111. The Balaban J connectivity index is 1.53. The summed E-state index contributed by atoms with van der Waals surface area (Å²) in [6.07, 6.45) is 0. The highest BCUT2D eigenvalue weighted by Crippen LogP contribution is 2.34. The lowest BCUT2D eigenvalue weighted by Gasteiger charge is -2.40. The summed E-state index contributed by atoms with van der Waals surface area (Å²) in [6, 6.07) is 8.59. The number of sulfone groups is 2. The lowest BCUT2D eigenvalue weighted by atomic mass is 10.1. The molecule has 2 aromatic rings. The number of anilines is 1. The average Bonchev–Trinajstić information content (AvgIpc) is 3.26. The monoisotopic (exact) mass is 478 g/mol. The summed E-state index contributed by atoms with van der Waals surface area (Å²) in [7, 11) is -7.25. The third-order valence-electron chi connectivity index (χ3n) is 5.47. The molecular weight excluding hydrogens is 459 g/mol. The van der Waals surface area contributed by atoms with Gasteiger partial charge in [0, 0.05) is 37.9 Å². The van der Waals surface area contributed by atoms with Gasteiger partial charge < -0.3 is 4.90 Å². The summed E-state index contributed by atoms with van der Waals surface area (Å²) in [5.41, 5.74) is 0.891. The predicted molar refractivity (Wildman–Crippen MR) is 113 cm³/mol. The van der Waals surface area contributed by atoms with E-state index in [4.69, 9.17) is 11.6 Å². The van der Waals surface area contributed by atoms with Crippen LogP contribution < -0.4 is 4.90 Å². The van der Waals surface area contributed by atoms with Crippen molar-refractivity contribution in [3.05, 3.63) is 46.6 Å². The minimum atomic E-state index is -3.80. The second-order valence-electron chi connectivity index (χ2n) is 7.29. The first-order chi connectivity index (χ1) is 13.7. The van der Waals surface area contributed by atoms with Gasteiger partial charge in [-0.25, -0.2) is 21.2 Å². The highest BCUT2D eigenvalue weighted by atomic mass is 35.5. The second-order valence-corrected chi connectivity index (χ2v) is 13.5. The zero-order valence-corrected chi connectivity index (χ0v) is 18.6. The molecule has 0 spiro atoms. The van der Waals surface area contributed by atoms with Crippen LogP contribution in [0.25, 0.3) is 0 Å². The van der Waals surface area contributed by atoms with Crippen LogP contribution in [0.5, 0.6) is 0 Å². The predicted octanol–water partition coefficient (Wildman–Crippen LogP) is 2.30. The van der Waals surface area contributed by atoms with Crippen LogP contribution in [0, 0.1) is 5.82 Å². The Labute approximate surface area is 178 Å². The molecule has 0 unspecified atom stereocenters. The Hall–Kier alpha value is -1.20. The summed E-state index contributed by atoms with van der Waals surface area (Å²) in [5, 5.41) is -1.00. The third-order valence-corrected chi connectivity index (χ3v) is 11.3. The molecule has 0 aliphatic carbocycles. The first-order valence-corrected chi connectivity index (χ1v) is 13.7. The fraction of sp³-hybridized carbons (Fsp3) is 0.444. The van der Waals surface area contributed by atoms with E-state index in [1.165, 1.54) is 24.3 Å². The number of halogens is 2. The van der Waals surface area contributed by atoms with E-state index in [0.29, 0.717) is 30.5 Å². The molecule has 6 nitrogen and oxygen atoms in total. The summed E-state index contributed by atoms with van der Waals surface area (Å²) in [5.74, 6) is -0.828. The average molecular weight is 479 g/mol. The van der Waals surface area contributed by atoms with E-state index in [1.54, 1.807) is 12.1 Å². The zero-order valence-electron chi connectivity index (χ0n) is 15.4. The molecule has 1 aromatic heterocycles. The van der Waals surface area contributed by atoms with E-state index in [1.807, 2.05) is 4.90 Å². The Kier molecular flexibility index (Phi) is 5.67. The van der Waals surface area contributed by atoms with Gasteiger partial charge in [0.05, 0.1) is 21.1 Å². The molecule has 2 atom stereocenters. The SMILES string of the molecule is O=S1(=O)C[C@H](N2CCN(c3ccc(F)cc3)CC2)[C@@H](S(=O)(=O)c2ccc(Cl)s2)C1. The van der Waals surface area contributed by atoms with Crippen molar-refractivity contribution in [2.24, 2.45) is 0 Å². The highest BCUT2D eigenvalue weighted by Gasteiger charge is 2.49. The number of hydrogen-bond acceptors (Lipinski definition) is 7. The smallest absolute Gasteiger partial charge is 0.193 e. The molecule has 0 saturated carbocycles. The van der Waals surface area contributed by atoms with Gasteiger partial charge in [-0.1, -0.05) is 11.6 Å². The highest BCUT2D eigenvalue weighted by molar-refractivity contribution is 7.97. The molecule has 158 valence electrons. The van der Waals surface area contributed by atoms with Gasteiger partial charge >= 0.3 is 0 Å². The molecule has 2 aliphatic rings. The topological polar surface area (TPSA) is 74.8 Å². The fourth-order valence-electron chi connectivity index (χ4n) is 4.00.